The van der Waals surface area contributed by atoms with Crippen LogP contribution >= 0.6 is 11.3 Å². The molecule has 2 aliphatic rings. The van der Waals surface area contributed by atoms with Crippen molar-refractivity contribution in [1.82, 2.24) is 9.88 Å². The third kappa shape index (κ3) is 3.72. The fraction of sp³-hybridized carbons (Fsp3) is 0.304. The summed E-state index contributed by atoms with van der Waals surface area (Å²) in [7, 11) is 0. The first-order valence-electron chi connectivity index (χ1n) is 10.0. The molecule has 5 rings (SSSR count). The van der Waals surface area contributed by atoms with E-state index in [0.717, 1.165) is 53.4 Å². The highest BCUT2D eigenvalue weighted by molar-refractivity contribution is 7.18. The number of carbonyl (C=O) groups is 1. The summed E-state index contributed by atoms with van der Waals surface area (Å²) in [6, 6.07) is 14.0. The zero-order valence-corrected chi connectivity index (χ0v) is 16.9. The highest BCUT2D eigenvalue weighted by Gasteiger charge is 2.31. The van der Waals surface area contributed by atoms with Crippen LogP contribution < -0.4 is 9.47 Å². The van der Waals surface area contributed by atoms with Crippen LogP contribution in [-0.4, -0.2) is 35.5 Å². The summed E-state index contributed by atoms with van der Waals surface area (Å²) in [5, 5.41) is 1.03. The number of ether oxygens (including phenoxy) is 2. The number of hydrogen-bond donors (Lipinski definition) is 0. The number of fused-ring (bicyclic) bond motifs is 2. The van der Waals surface area contributed by atoms with Crippen molar-refractivity contribution in [3.63, 3.8) is 0 Å². The Kier molecular flexibility index (Phi) is 4.94. The molecule has 0 saturated carbocycles. The van der Waals surface area contributed by atoms with Gasteiger partial charge in [-0.25, -0.2) is 4.98 Å². The lowest BCUT2D eigenvalue weighted by Crippen LogP contribution is -2.28. The highest BCUT2D eigenvalue weighted by atomic mass is 32.1. The van der Waals surface area contributed by atoms with E-state index in [0.29, 0.717) is 13.2 Å². The molecule has 1 saturated heterocycles. The molecule has 148 valence electrons. The molecule has 2 aromatic carbocycles. The van der Waals surface area contributed by atoms with Crippen molar-refractivity contribution in [2.75, 3.05) is 19.8 Å². The molecular weight excluding hydrogens is 384 g/mol. The number of rotatable bonds is 3. The van der Waals surface area contributed by atoms with E-state index in [-0.39, 0.29) is 11.9 Å². The molecule has 1 aromatic heterocycles. The molecule has 0 bridgehead atoms. The Hall–Kier alpha value is -2.86. The second-order valence-corrected chi connectivity index (χ2v) is 8.36. The monoisotopic (exact) mass is 406 g/mol. The van der Waals surface area contributed by atoms with Gasteiger partial charge in [0.15, 0.2) is 11.5 Å². The van der Waals surface area contributed by atoms with Gasteiger partial charge in [-0.15, -0.1) is 11.3 Å². The predicted molar refractivity (Wildman–Crippen MR) is 114 cm³/mol. The van der Waals surface area contributed by atoms with Crippen LogP contribution in [-0.2, 0) is 4.79 Å². The van der Waals surface area contributed by atoms with Crippen LogP contribution in [0.3, 0.4) is 0 Å². The van der Waals surface area contributed by atoms with Gasteiger partial charge in [-0.05, 0) is 48.7 Å². The topological polar surface area (TPSA) is 51.7 Å². The highest BCUT2D eigenvalue weighted by Crippen LogP contribution is 2.36. The second-order valence-electron chi connectivity index (χ2n) is 7.30. The zero-order chi connectivity index (χ0) is 19.6. The summed E-state index contributed by atoms with van der Waals surface area (Å²) in [5.74, 6) is 1.53. The Bertz CT molecular complexity index is 1040. The van der Waals surface area contributed by atoms with Crippen LogP contribution in [0.2, 0.25) is 0 Å². The Morgan fingerprint density at radius 2 is 1.97 bits per heavy atom. The lowest BCUT2D eigenvalue weighted by Gasteiger charge is -2.21. The predicted octanol–water partition coefficient (Wildman–Crippen LogP) is 4.83. The van der Waals surface area contributed by atoms with Crippen LogP contribution in [0.5, 0.6) is 11.5 Å². The number of nitrogens with zero attached hydrogens (tertiary/aromatic N) is 2. The first-order valence-corrected chi connectivity index (χ1v) is 10.8. The number of benzene rings is 2. The third-order valence-corrected chi connectivity index (χ3v) is 6.46. The first-order chi connectivity index (χ1) is 14.3. The molecule has 0 aliphatic carbocycles. The average molecular weight is 407 g/mol. The Morgan fingerprint density at radius 3 is 2.86 bits per heavy atom. The molecule has 0 unspecified atom stereocenters. The SMILES string of the molecule is O=C(/C=C/c1ccc2c(c1)OCCCO2)N1CCC[C@H]1c1nc2ccccc2s1. The summed E-state index contributed by atoms with van der Waals surface area (Å²) in [6.45, 7) is 2.09. The normalized spacial score (nSPS) is 19.0. The summed E-state index contributed by atoms with van der Waals surface area (Å²) < 4.78 is 12.6. The van der Waals surface area contributed by atoms with Crippen LogP contribution in [0.4, 0.5) is 0 Å². The van der Waals surface area contributed by atoms with Gasteiger partial charge in [0, 0.05) is 19.0 Å². The van der Waals surface area contributed by atoms with Crippen molar-refractivity contribution in [3.05, 3.63) is 59.1 Å². The van der Waals surface area contributed by atoms with E-state index in [2.05, 4.69) is 6.07 Å². The number of hydrogen-bond acceptors (Lipinski definition) is 5. The van der Waals surface area contributed by atoms with E-state index in [1.54, 1.807) is 17.4 Å². The minimum atomic E-state index is 0.0267. The maximum absolute atomic E-state index is 12.9. The molecule has 6 heteroatoms. The van der Waals surface area contributed by atoms with E-state index in [4.69, 9.17) is 14.5 Å². The van der Waals surface area contributed by atoms with Gasteiger partial charge in [-0.2, -0.15) is 0 Å². The number of amides is 1. The van der Waals surface area contributed by atoms with Gasteiger partial charge >= 0.3 is 0 Å². The average Bonchev–Trinajstić information content (AvgIpc) is 3.33. The van der Waals surface area contributed by atoms with Crippen LogP contribution in [0.25, 0.3) is 16.3 Å². The van der Waals surface area contributed by atoms with Crippen LogP contribution in [0.15, 0.2) is 48.5 Å². The smallest absolute Gasteiger partial charge is 0.247 e. The fourth-order valence-corrected chi connectivity index (χ4v) is 4.98. The van der Waals surface area contributed by atoms with E-state index < -0.39 is 0 Å². The number of para-hydroxylation sites is 1. The molecular formula is C23H22N2O3S. The third-order valence-electron chi connectivity index (χ3n) is 5.32. The van der Waals surface area contributed by atoms with Crippen molar-refractivity contribution >= 4 is 33.5 Å². The number of likely N-dealkylation sites (tertiary alicyclic amines) is 1. The molecule has 29 heavy (non-hydrogen) atoms. The lowest BCUT2D eigenvalue weighted by atomic mass is 10.2. The summed E-state index contributed by atoms with van der Waals surface area (Å²) >= 11 is 1.69. The van der Waals surface area contributed by atoms with Crippen molar-refractivity contribution in [3.8, 4) is 11.5 Å². The van der Waals surface area contributed by atoms with Crippen molar-refractivity contribution in [2.24, 2.45) is 0 Å². The Labute approximate surface area is 173 Å². The molecule has 1 amide bonds. The molecule has 0 spiro atoms. The molecule has 1 fully saturated rings. The summed E-state index contributed by atoms with van der Waals surface area (Å²) in [6.07, 6.45) is 6.35. The minimum absolute atomic E-state index is 0.0267. The van der Waals surface area contributed by atoms with Gasteiger partial charge in [0.2, 0.25) is 5.91 Å². The van der Waals surface area contributed by atoms with Crippen molar-refractivity contribution < 1.29 is 14.3 Å². The Balaban J connectivity index is 1.34. The summed E-state index contributed by atoms with van der Waals surface area (Å²) in [5.41, 5.74) is 1.94. The van der Waals surface area contributed by atoms with Gasteiger partial charge in [0.1, 0.15) is 5.01 Å². The largest absolute Gasteiger partial charge is 0.490 e. The molecule has 5 nitrogen and oxygen atoms in total. The summed E-state index contributed by atoms with van der Waals surface area (Å²) in [4.78, 5) is 19.6. The maximum Gasteiger partial charge on any atom is 0.247 e. The number of thiazole rings is 1. The maximum atomic E-state index is 12.9. The van der Waals surface area contributed by atoms with Gasteiger partial charge < -0.3 is 14.4 Å². The number of aromatic nitrogens is 1. The quantitative estimate of drug-likeness (QED) is 0.585. The van der Waals surface area contributed by atoms with E-state index in [1.165, 1.54) is 4.70 Å². The zero-order valence-electron chi connectivity index (χ0n) is 16.0. The number of carbonyl (C=O) groups excluding carboxylic acids is 1. The standard InChI is InChI=1S/C23H22N2O3S/c26-22(11-9-16-8-10-19-20(15-16)28-14-4-13-27-19)25-12-3-6-18(25)23-24-17-5-1-2-7-21(17)29-23/h1-2,5,7-11,15,18H,3-4,6,12-14H2/b11-9+/t18-/m0/s1. The first kappa shape index (κ1) is 18.2. The molecule has 0 N–H and O–H groups in total. The van der Waals surface area contributed by atoms with E-state index >= 15 is 0 Å². The lowest BCUT2D eigenvalue weighted by molar-refractivity contribution is -0.126. The van der Waals surface area contributed by atoms with Gasteiger partial charge in [0.25, 0.3) is 0 Å². The van der Waals surface area contributed by atoms with Crippen LogP contribution in [0.1, 0.15) is 35.9 Å². The van der Waals surface area contributed by atoms with Gasteiger partial charge in [-0.3, -0.25) is 4.79 Å². The Morgan fingerprint density at radius 1 is 1.10 bits per heavy atom. The van der Waals surface area contributed by atoms with Crippen LogP contribution in [0, 0.1) is 0 Å². The second kappa shape index (κ2) is 7.87. The van der Waals surface area contributed by atoms with E-state index in [9.17, 15) is 4.79 Å². The van der Waals surface area contributed by atoms with Gasteiger partial charge in [0.05, 0.1) is 29.5 Å². The van der Waals surface area contributed by atoms with Crippen molar-refractivity contribution in [2.45, 2.75) is 25.3 Å². The molecule has 1 atom stereocenters. The fourth-order valence-electron chi connectivity index (χ4n) is 3.87. The molecule has 0 radical (unpaired) electrons. The van der Waals surface area contributed by atoms with Gasteiger partial charge in [-0.1, -0.05) is 18.2 Å². The molecule has 2 aliphatic heterocycles. The van der Waals surface area contributed by atoms with Crippen molar-refractivity contribution in [1.29, 1.82) is 0 Å². The molecule has 3 aromatic rings. The molecule has 3 heterocycles. The minimum Gasteiger partial charge on any atom is -0.490 e. The van der Waals surface area contributed by atoms with E-state index in [1.807, 2.05) is 47.4 Å².